The summed E-state index contributed by atoms with van der Waals surface area (Å²) < 4.78 is 25.5. The van der Waals surface area contributed by atoms with Crippen molar-refractivity contribution in [3.63, 3.8) is 0 Å². The summed E-state index contributed by atoms with van der Waals surface area (Å²) in [4.78, 5) is 25.8. The van der Waals surface area contributed by atoms with E-state index in [1.54, 1.807) is 31.2 Å². The number of nitrogens with one attached hydrogen (secondary N) is 2. The fourth-order valence-electron chi connectivity index (χ4n) is 2.98. The molecule has 0 saturated carbocycles. The topological polar surface area (TPSA) is 123 Å². The van der Waals surface area contributed by atoms with Crippen LogP contribution in [0.15, 0.2) is 46.1 Å². The standard InChI is InChI=1S/C17H22N3O6P/c1-11-9-20(17(23)18-16(11)22)15-8-13(14(10-21)25-15)26-27(2,24)19-12-6-4-3-5-7-12/h3-7,9,13-15,21H,8,10H2,1-2H3,(H,19,24)(H,18,22,23)/t13-,14+,15+,27-/m0/s1. The molecule has 0 spiro atoms. The van der Waals surface area contributed by atoms with Crippen molar-refractivity contribution in [2.75, 3.05) is 18.4 Å². The highest BCUT2D eigenvalue weighted by atomic mass is 31.2. The van der Waals surface area contributed by atoms with E-state index < -0.39 is 37.2 Å². The lowest BCUT2D eigenvalue weighted by molar-refractivity contribution is -0.0417. The molecule has 9 nitrogen and oxygen atoms in total. The second-order valence-corrected chi connectivity index (χ2v) is 8.62. The van der Waals surface area contributed by atoms with Gasteiger partial charge in [0.1, 0.15) is 12.3 Å². The number of benzene rings is 1. The molecule has 146 valence electrons. The number of H-pyrrole nitrogens is 1. The third-order valence-corrected chi connectivity index (χ3v) is 5.60. The summed E-state index contributed by atoms with van der Waals surface area (Å²) >= 11 is 0. The molecule has 3 N–H and O–H groups in total. The molecule has 1 aromatic carbocycles. The first-order valence-corrected chi connectivity index (χ1v) is 10.5. The summed E-state index contributed by atoms with van der Waals surface area (Å²) in [5.74, 6) is 0. The number of aryl methyl sites for hydroxylation is 1. The fraction of sp³-hybridized carbons (Fsp3) is 0.412. The second-order valence-electron chi connectivity index (χ2n) is 6.49. The Morgan fingerprint density at radius 2 is 2.07 bits per heavy atom. The van der Waals surface area contributed by atoms with Crippen molar-refractivity contribution in [1.29, 1.82) is 0 Å². The highest BCUT2D eigenvalue weighted by Gasteiger charge is 2.40. The lowest BCUT2D eigenvalue weighted by Gasteiger charge is -2.22. The Hall–Kier alpha value is -2.19. The van der Waals surface area contributed by atoms with Crippen molar-refractivity contribution in [2.24, 2.45) is 0 Å². The minimum atomic E-state index is -3.25. The Kier molecular flexibility index (Phi) is 5.67. The van der Waals surface area contributed by atoms with Gasteiger partial charge in [0.15, 0.2) is 0 Å². The number of aromatic nitrogens is 2. The number of nitrogens with zero attached hydrogens (tertiary/aromatic N) is 1. The summed E-state index contributed by atoms with van der Waals surface area (Å²) in [6.07, 6.45) is -0.584. The van der Waals surface area contributed by atoms with Crippen LogP contribution in [0.5, 0.6) is 0 Å². The van der Waals surface area contributed by atoms with Crippen molar-refractivity contribution >= 4 is 13.2 Å². The Bertz CT molecular complexity index is 957. The number of aliphatic hydroxyl groups is 1. The predicted octanol–water partition coefficient (Wildman–Crippen LogP) is 1.45. The SMILES string of the molecule is Cc1cn([C@H]2C[C@H](O[P@](C)(=O)Nc3ccccc3)[C@@H](CO)O2)c(=O)[nH]c1=O. The highest BCUT2D eigenvalue weighted by Crippen LogP contribution is 2.47. The lowest BCUT2D eigenvalue weighted by Crippen LogP contribution is -2.33. The van der Waals surface area contributed by atoms with Gasteiger partial charge in [-0.25, -0.2) is 4.79 Å². The molecule has 2 heterocycles. The smallest absolute Gasteiger partial charge is 0.330 e. The fourth-order valence-corrected chi connectivity index (χ4v) is 4.39. The molecule has 1 aliphatic heterocycles. The van der Waals surface area contributed by atoms with E-state index in [0.717, 1.165) is 0 Å². The van der Waals surface area contributed by atoms with Crippen LogP contribution in [-0.2, 0) is 13.8 Å². The van der Waals surface area contributed by atoms with Crippen molar-refractivity contribution in [1.82, 2.24) is 9.55 Å². The van der Waals surface area contributed by atoms with Crippen LogP contribution in [0.4, 0.5) is 5.69 Å². The predicted molar refractivity (Wildman–Crippen MR) is 100 cm³/mol. The van der Waals surface area contributed by atoms with Crippen molar-refractivity contribution in [2.45, 2.75) is 31.8 Å². The van der Waals surface area contributed by atoms with Gasteiger partial charge < -0.3 is 19.5 Å². The zero-order valence-corrected chi connectivity index (χ0v) is 15.9. The van der Waals surface area contributed by atoms with Crippen molar-refractivity contribution < 1.29 is 18.9 Å². The van der Waals surface area contributed by atoms with Crippen LogP contribution in [0, 0.1) is 6.92 Å². The number of aromatic amines is 1. The van der Waals surface area contributed by atoms with Crippen LogP contribution in [0.3, 0.4) is 0 Å². The molecule has 3 rings (SSSR count). The molecule has 1 aliphatic rings. The summed E-state index contributed by atoms with van der Waals surface area (Å²) in [5, 5.41) is 12.4. The minimum absolute atomic E-state index is 0.199. The maximum Gasteiger partial charge on any atom is 0.330 e. The molecule has 0 bridgehead atoms. The van der Waals surface area contributed by atoms with Gasteiger partial charge in [-0.3, -0.25) is 18.9 Å². The molecule has 0 unspecified atom stereocenters. The number of para-hydroxylation sites is 1. The van der Waals surface area contributed by atoms with E-state index >= 15 is 0 Å². The molecule has 1 fully saturated rings. The molecular weight excluding hydrogens is 373 g/mol. The van der Waals surface area contributed by atoms with Crippen LogP contribution in [0.1, 0.15) is 18.2 Å². The summed E-state index contributed by atoms with van der Waals surface area (Å²) in [6, 6.07) is 8.98. The molecule has 0 aliphatic carbocycles. The first-order chi connectivity index (χ1) is 12.8. The average molecular weight is 395 g/mol. The Morgan fingerprint density at radius 3 is 2.74 bits per heavy atom. The van der Waals surface area contributed by atoms with E-state index in [1.807, 2.05) is 6.07 Å². The van der Waals surface area contributed by atoms with E-state index in [1.165, 1.54) is 17.4 Å². The van der Waals surface area contributed by atoms with E-state index in [0.29, 0.717) is 11.3 Å². The molecule has 2 aromatic rings. The molecule has 4 atom stereocenters. The maximum absolute atomic E-state index is 12.8. The monoisotopic (exact) mass is 395 g/mol. The van der Waals surface area contributed by atoms with Gasteiger partial charge in [0, 0.05) is 30.5 Å². The third kappa shape index (κ3) is 4.56. The molecule has 1 saturated heterocycles. The average Bonchev–Trinajstić information content (AvgIpc) is 3.00. The molecule has 0 amide bonds. The quantitative estimate of drug-likeness (QED) is 0.633. The zero-order valence-electron chi connectivity index (χ0n) is 15.0. The van der Waals surface area contributed by atoms with Crippen LogP contribution in [-0.4, -0.2) is 40.1 Å². The maximum atomic E-state index is 12.8. The number of rotatable bonds is 6. The van der Waals surface area contributed by atoms with Gasteiger partial charge in [-0.05, 0) is 19.1 Å². The Labute approximate surface area is 155 Å². The van der Waals surface area contributed by atoms with Crippen molar-refractivity contribution in [3.8, 4) is 0 Å². The molecular formula is C17H22N3O6P. The Morgan fingerprint density at radius 1 is 1.37 bits per heavy atom. The highest BCUT2D eigenvalue weighted by molar-refractivity contribution is 7.59. The second kappa shape index (κ2) is 7.82. The molecule has 10 heteroatoms. The molecule has 1 aromatic heterocycles. The van der Waals surface area contributed by atoms with Crippen LogP contribution in [0.2, 0.25) is 0 Å². The van der Waals surface area contributed by atoms with Crippen LogP contribution < -0.4 is 16.3 Å². The Balaban J connectivity index is 1.77. The van der Waals surface area contributed by atoms with Crippen LogP contribution >= 0.6 is 7.52 Å². The molecule has 27 heavy (non-hydrogen) atoms. The van der Waals surface area contributed by atoms with E-state index in [2.05, 4.69) is 10.1 Å². The van der Waals surface area contributed by atoms with Gasteiger partial charge >= 0.3 is 5.69 Å². The van der Waals surface area contributed by atoms with E-state index in [4.69, 9.17) is 9.26 Å². The van der Waals surface area contributed by atoms with Gasteiger partial charge in [-0.2, -0.15) is 0 Å². The van der Waals surface area contributed by atoms with Gasteiger partial charge in [-0.1, -0.05) is 18.2 Å². The number of ether oxygens (including phenoxy) is 1. The largest absolute Gasteiger partial charge is 0.394 e. The number of hydrogen-bond acceptors (Lipinski definition) is 6. The summed E-state index contributed by atoms with van der Waals surface area (Å²) in [5.41, 5.74) is -0.0808. The first-order valence-electron chi connectivity index (χ1n) is 8.46. The normalized spacial score (nSPS) is 24.5. The van der Waals surface area contributed by atoms with Gasteiger partial charge in [0.2, 0.25) is 0 Å². The summed E-state index contributed by atoms with van der Waals surface area (Å²) in [6.45, 7) is 2.66. The van der Waals surface area contributed by atoms with Crippen molar-refractivity contribution in [3.05, 3.63) is 62.9 Å². The van der Waals surface area contributed by atoms with Crippen LogP contribution in [0.25, 0.3) is 0 Å². The van der Waals surface area contributed by atoms with Gasteiger partial charge in [0.25, 0.3) is 13.1 Å². The van der Waals surface area contributed by atoms with Gasteiger partial charge in [0.05, 0.1) is 12.7 Å². The molecule has 0 radical (unpaired) electrons. The van der Waals surface area contributed by atoms with Gasteiger partial charge in [-0.15, -0.1) is 0 Å². The number of anilines is 1. The zero-order chi connectivity index (χ0) is 19.6. The summed E-state index contributed by atoms with van der Waals surface area (Å²) in [7, 11) is -3.25. The van der Waals surface area contributed by atoms with E-state index in [9.17, 15) is 19.3 Å². The third-order valence-electron chi connectivity index (χ3n) is 4.26. The van der Waals surface area contributed by atoms with E-state index in [-0.39, 0.29) is 13.0 Å². The number of hydrogen-bond donors (Lipinski definition) is 3. The first kappa shape index (κ1) is 19.6. The number of aliphatic hydroxyl groups excluding tert-OH is 1. The lowest BCUT2D eigenvalue weighted by atomic mass is 10.2. The minimum Gasteiger partial charge on any atom is -0.394 e.